The lowest BCUT2D eigenvalue weighted by molar-refractivity contribution is -0.384. The van der Waals surface area contributed by atoms with E-state index in [1.54, 1.807) is 6.07 Å². The number of hydrogen-bond donors (Lipinski definition) is 0. The maximum atomic E-state index is 11.7. The van der Waals surface area contributed by atoms with E-state index in [0.29, 0.717) is 5.92 Å². The highest BCUT2D eigenvalue weighted by Crippen LogP contribution is 2.55. The first kappa shape index (κ1) is 28.0. The van der Waals surface area contributed by atoms with E-state index in [0.717, 1.165) is 79.3 Å². The van der Waals surface area contributed by atoms with Gasteiger partial charge in [0.2, 0.25) is 0 Å². The summed E-state index contributed by atoms with van der Waals surface area (Å²) in [6.45, 7) is 5.78. The molecular formula is C32H42N2O4. The summed E-state index contributed by atoms with van der Waals surface area (Å²) >= 11 is 0. The lowest BCUT2D eigenvalue weighted by Gasteiger charge is -2.33. The lowest BCUT2D eigenvalue weighted by Crippen LogP contribution is -2.26. The van der Waals surface area contributed by atoms with Crippen LogP contribution < -0.4 is 0 Å². The number of carbonyl (C=O) groups excluding carboxylic acids is 1. The molecule has 2 aliphatic carbocycles. The van der Waals surface area contributed by atoms with Gasteiger partial charge in [0.05, 0.1) is 10.6 Å². The third-order valence-electron chi connectivity index (χ3n) is 8.60. The normalized spacial score (nSPS) is 16.7. The molecule has 0 atom stereocenters. The van der Waals surface area contributed by atoms with Crippen LogP contribution in [0.1, 0.15) is 121 Å². The molecule has 4 rings (SSSR count). The molecule has 0 N–H and O–H groups in total. The Labute approximate surface area is 227 Å². The number of fused-ring (bicyclic) bond motifs is 3. The fourth-order valence-corrected chi connectivity index (χ4v) is 6.58. The molecule has 1 fully saturated rings. The SMILES string of the molecule is CCCCC1(CCCC)c2cc(/C(CCC3CCCCC3)=N/OC(C)=O)ccc2-c2ccc([N+](=O)[O-])cc21. The van der Waals surface area contributed by atoms with Crippen LogP contribution in [0.4, 0.5) is 5.69 Å². The Morgan fingerprint density at radius 2 is 1.63 bits per heavy atom. The van der Waals surface area contributed by atoms with Crippen LogP contribution in [0.15, 0.2) is 41.6 Å². The van der Waals surface area contributed by atoms with Crippen LogP contribution in [0.2, 0.25) is 0 Å². The van der Waals surface area contributed by atoms with Gasteiger partial charge in [0.25, 0.3) is 5.69 Å². The number of oxime groups is 1. The average molecular weight is 519 g/mol. The molecule has 0 aromatic heterocycles. The third-order valence-corrected chi connectivity index (χ3v) is 8.60. The minimum absolute atomic E-state index is 0.152. The van der Waals surface area contributed by atoms with Gasteiger partial charge < -0.3 is 4.84 Å². The molecule has 0 heterocycles. The number of nitro groups is 1. The molecular weight excluding hydrogens is 476 g/mol. The van der Waals surface area contributed by atoms with Crippen LogP contribution in [-0.4, -0.2) is 16.6 Å². The summed E-state index contributed by atoms with van der Waals surface area (Å²) in [4.78, 5) is 28.3. The predicted octanol–water partition coefficient (Wildman–Crippen LogP) is 8.87. The van der Waals surface area contributed by atoms with Gasteiger partial charge in [0, 0.05) is 24.5 Å². The molecule has 2 aromatic carbocycles. The van der Waals surface area contributed by atoms with Gasteiger partial charge >= 0.3 is 5.97 Å². The number of unbranched alkanes of at least 4 members (excludes halogenated alkanes) is 2. The third kappa shape index (κ3) is 6.00. The Morgan fingerprint density at radius 1 is 1.00 bits per heavy atom. The number of nitrogens with zero attached hydrogens (tertiary/aromatic N) is 2. The summed E-state index contributed by atoms with van der Waals surface area (Å²) in [5, 5.41) is 16.1. The van der Waals surface area contributed by atoms with Crippen molar-refractivity contribution in [2.75, 3.05) is 0 Å². The van der Waals surface area contributed by atoms with Crippen LogP contribution in [0.3, 0.4) is 0 Å². The Bertz CT molecular complexity index is 1170. The van der Waals surface area contributed by atoms with Crippen LogP contribution in [0, 0.1) is 16.0 Å². The quantitative estimate of drug-likeness (QED) is 0.122. The fourth-order valence-electron chi connectivity index (χ4n) is 6.58. The molecule has 0 spiro atoms. The monoisotopic (exact) mass is 518 g/mol. The second kappa shape index (κ2) is 12.7. The Morgan fingerprint density at radius 3 is 2.24 bits per heavy atom. The standard InChI is InChI=1S/C32H42N2O4/c1-4-6-19-32(20-7-5-2)29-21-25(14-16-27(29)28-17-15-26(34(36)37)22-30(28)32)31(33-38-23(3)35)18-13-24-11-9-8-10-12-24/h14-17,21-22,24H,4-13,18-20H2,1-3H3/b33-31+. The molecule has 0 bridgehead atoms. The van der Waals surface area contributed by atoms with Crippen molar-refractivity contribution in [2.45, 2.75) is 110 Å². The summed E-state index contributed by atoms with van der Waals surface area (Å²) in [5.74, 6) is 0.278. The Hall–Kier alpha value is -3.02. The summed E-state index contributed by atoms with van der Waals surface area (Å²) in [7, 11) is 0. The highest BCUT2D eigenvalue weighted by atomic mass is 16.7. The molecule has 0 radical (unpaired) electrons. The van der Waals surface area contributed by atoms with E-state index < -0.39 is 5.97 Å². The molecule has 0 unspecified atom stereocenters. The number of benzene rings is 2. The largest absolute Gasteiger partial charge is 0.331 e. The molecule has 6 heteroatoms. The Kier molecular flexibility index (Phi) is 9.35. The number of hydrogen-bond acceptors (Lipinski definition) is 5. The lowest BCUT2D eigenvalue weighted by atomic mass is 9.70. The van der Waals surface area contributed by atoms with Crippen molar-refractivity contribution in [3.63, 3.8) is 0 Å². The first-order valence-corrected chi connectivity index (χ1v) is 14.6. The minimum atomic E-state index is -0.415. The van der Waals surface area contributed by atoms with Crippen molar-refractivity contribution in [2.24, 2.45) is 11.1 Å². The Balaban J connectivity index is 1.79. The summed E-state index contributed by atoms with van der Waals surface area (Å²) in [5.41, 5.74) is 6.26. The first-order chi connectivity index (χ1) is 18.4. The number of nitro benzene ring substituents is 1. The molecule has 6 nitrogen and oxygen atoms in total. The van der Waals surface area contributed by atoms with Crippen LogP contribution in [0.25, 0.3) is 11.1 Å². The van der Waals surface area contributed by atoms with E-state index in [2.05, 4.69) is 37.2 Å². The first-order valence-electron chi connectivity index (χ1n) is 14.6. The molecule has 0 aliphatic heterocycles. The second-order valence-corrected chi connectivity index (χ2v) is 11.2. The van der Waals surface area contributed by atoms with Gasteiger partial charge in [-0.3, -0.25) is 10.1 Å². The van der Waals surface area contributed by atoms with E-state index in [1.165, 1.54) is 44.6 Å². The van der Waals surface area contributed by atoms with E-state index in [4.69, 9.17) is 4.84 Å². The van der Waals surface area contributed by atoms with E-state index in [1.807, 2.05) is 12.1 Å². The summed E-state index contributed by atoms with van der Waals surface area (Å²) < 4.78 is 0. The van der Waals surface area contributed by atoms with E-state index in [9.17, 15) is 14.9 Å². The molecule has 0 saturated heterocycles. The van der Waals surface area contributed by atoms with Gasteiger partial charge in [-0.15, -0.1) is 0 Å². The average Bonchev–Trinajstić information content (AvgIpc) is 3.19. The van der Waals surface area contributed by atoms with Crippen LogP contribution >= 0.6 is 0 Å². The topological polar surface area (TPSA) is 81.8 Å². The van der Waals surface area contributed by atoms with Gasteiger partial charge in [-0.25, -0.2) is 4.79 Å². The molecule has 1 saturated carbocycles. The van der Waals surface area contributed by atoms with Gasteiger partial charge in [-0.2, -0.15) is 0 Å². The zero-order valence-corrected chi connectivity index (χ0v) is 23.3. The second-order valence-electron chi connectivity index (χ2n) is 11.2. The van der Waals surface area contributed by atoms with Crippen molar-refractivity contribution in [1.82, 2.24) is 0 Å². The molecule has 2 aliphatic rings. The van der Waals surface area contributed by atoms with Gasteiger partial charge in [0.1, 0.15) is 0 Å². The van der Waals surface area contributed by atoms with Crippen molar-refractivity contribution < 1.29 is 14.6 Å². The maximum Gasteiger partial charge on any atom is 0.331 e. The van der Waals surface area contributed by atoms with Crippen molar-refractivity contribution >= 4 is 17.4 Å². The molecule has 0 amide bonds. The number of rotatable bonds is 12. The van der Waals surface area contributed by atoms with E-state index >= 15 is 0 Å². The van der Waals surface area contributed by atoms with Crippen LogP contribution in [0.5, 0.6) is 0 Å². The minimum Gasteiger partial charge on any atom is -0.318 e. The zero-order valence-electron chi connectivity index (χ0n) is 23.3. The van der Waals surface area contributed by atoms with Crippen LogP contribution in [-0.2, 0) is 15.0 Å². The fraction of sp³-hybridized carbons (Fsp3) is 0.562. The van der Waals surface area contributed by atoms with E-state index in [-0.39, 0.29) is 16.0 Å². The number of non-ortho nitro benzene ring substituents is 1. The maximum absolute atomic E-state index is 11.7. The van der Waals surface area contributed by atoms with Gasteiger partial charge in [0.15, 0.2) is 0 Å². The summed E-state index contributed by atoms with van der Waals surface area (Å²) in [6, 6.07) is 11.9. The summed E-state index contributed by atoms with van der Waals surface area (Å²) in [6.07, 6.45) is 14.4. The highest BCUT2D eigenvalue weighted by Gasteiger charge is 2.43. The molecule has 2 aromatic rings. The smallest absolute Gasteiger partial charge is 0.318 e. The van der Waals surface area contributed by atoms with Crippen molar-refractivity contribution in [1.29, 1.82) is 0 Å². The van der Waals surface area contributed by atoms with Crippen molar-refractivity contribution in [3.8, 4) is 11.1 Å². The molecule has 38 heavy (non-hydrogen) atoms. The van der Waals surface area contributed by atoms with Gasteiger partial charge in [-0.1, -0.05) is 88.9 Å². The van der Waals surface area contributed by atoms with Gasteiger partial charge in [-0.05, 0) is 71.6 Å². The predicted molar refractivity (Wildman–Crippen MR) is 152 cm³/mol. The highest BCUT2D eigenvalue weighted by molar-refractivity contribution is 6.01. The number of carbonyl (C=O) groups is 1. The zero-order chi connectivity index (χ0) is 27.1. The van der Waals surface area contributed by atoms with Crippen molar-refractivity contribution in [3.05, 3.63) is 63.2 Å². The molecule has 204 valence electrons.